The Morgan fingerprint density at radius 1 is 0.971 bits per heavy atom. The number of aromatic nitrogens is 1. The first-order chi connectivity index (χ1) is 16.9. The van der Waals surface area contributed by atoms with E-state index in [1.165, 1.54) is 0 Å². The minimum Gasteiger partial charge on any atom is -0.489 e. The monoisotopic (exact) mass is 478 g/mol. The van der Waals surface area contributed by atoms with Gasteiger partial charge in [0.25, 0.3) is 5.56 Å². The summed E-state index contributed by atoms with van der Waals surface area (Å²) < 4.78 is 11.3. The summed E-state index contributed by atoms with van der Waals surface area (Å²) in [6.07, 6.45) is -6.48. The summed E-state index contributed by atoms with van der Waals surface area (Å²) in [6, 6.07) is 20.2. The van der Waals surface area contributed by atoms with E-state index in [4.69, 9.17) is 9.47 Å². The summed E-state index contributed by atoms with van der Waals surface area (Å²) >= 11 is 0. The van der Waals surface area contributed by atoms with E-state index in [0.29, 0.717) is 29.2 Å². The maximum absolute atomic E-state index is 12.6. The van der Waals surface area contributed by atoms with E-state index in [-0.39, 0.29) is 12.0 Å². The van der Waals surface area contributed by atoms with Crippen LogP contribution in [0.2, 0.25) is 0 Å². The Morgan fingerprint density at radius 3 is 2.31 bits per heavy atom. The minimum atomic E-state index is -1.51. The van der Waals surface area contributed by atoms with Gasteiger partial charge in [0.2, 0.25) is 0 Å². The number of hydrogen-bond acceptors (Lipinski definition) is 8. The third kappa shape index (κ3) is 5.43. The molecule has 4 rings (SSSR count). The lowest BCUT2D eigenvalue weighted by molar-refractivity contribution is -0.228. The molecule has 0 amide bonds. The highest BCUT2D eigenvalue weighted by atomic mass is 16.5. The lowest BCUT2D eigenvalue weighted by Crippen LogP contribution is -2.59. The molecule has 5 N–H and O–H groups in total. The van der Waals surface area contributed by atoms with Crippen molar-refractivity contribution < 1.29 is 29.9 Å². The molecule has 5 atom stereocenters. The number of benzene rings is 2. The topological polar surface area (TPSA) is 156 Å². The van der Waals surface area contributed by atoms with E-state index in [9.17, 15) is 30.5 Å². The van der Waals surface area contributed by atoms with Crippen LogP contribution in [0.5, 0.6) is 5.75 Å². The number of aliphatic hydroxyl groups is 4. The van der Waals surface area contributed by atoms with Crippen LogP contribution < -0.4 is 10.3 Å². The van der Waals surface area contributed by atoms with Crippen molar-refractivity contribution in [2.45, 2.75) is 43.5 Å². The lowest BCUT2D eigenvalue weighted by atomic mass is 9.92. The third-order valence-corrected chi connectivity index (χ3v) is 6.03. The Hall–Kier alpha value is -3.52. The summed E-state index contributed by atoms with van der Waals surface area (Å²) in [4.78, 5) is 15.2. The highest BCUT2D eigenvalue weighted by molar-refractivity contribution is 5.70. The molecule has 9 nitrogen and oxygen atoms in total. The second kappa shape index (κ2) is 10.8. The summed E-state index contributed by atoms with van der Waals surface area (Å²) in [6.45, 7) is -0.146. The number of aliphatic hydroxyl groups excluding tert-OH is 4. The standard InChI is InChI=1S/C26H26N2O7/c27-12-20-19(16-6-8-18(9-7-16)34-14-15-4-2-1-3-5-15)10-17(28-26(20)33)11-21-23(30)25(32)24(31)22(13-29)35-21/h1-10,21-25,29-32H,11,13-14H2,(H,28,33)/t21-,22+,23-,24+,25+/m0/s1. The van der Waals surface area contributed by atoms with Gasteiger partial charge in [-0.1, -0.05) is 42.5 Å². The smallest absolute Gasteiger partial charge is 0.266 e. The molecule has 1 saturated heterocycles. The summed E-state index contributed by atoms with van der Waals surface area (Å²) in [7, 11) is 0. The van der Waals surface area contributed by atoms with Crippen molar-refractivity contribution >= 4 is 0 Å². The molecule has 0 bridgehead atoms. The van der Waals surface area contributed by atoms with E-state index < -0.39 is 42.7 Å². The van der Waals surface area contributed by atoms with Crippen molar-refractivity contribution in [1.29, 1.82) is 5.26 Å². The second-order valence-electron chi connectivity index (χ2n) is 8.39. The highest BCUT2D eigenvalue weighted by Gasteiger charge is 2.43. The summed E-state index contributed by atoms with van der Waals surface area (Å²) in [5.74, 6) is 0.627. The summed E-state index contributed by atoms with van der Waals surface area (Å²) in [5, 5.41) is 49.3. The van der Waals surface area contributed by atoms with Crippen LogP contribution in [-0.4, -0.2) is 62.5 Å². The van der Waals surface area contributed by atoms with E-state index in [1.807, 2.05) is 36.4 Å². The van der Waals surface area contributed by atoms with Crippen LogP contribution in [0.1, 0.15) is 16.8 Å². The molecular weight excluding hydrogens is 452 g/mol. The first kappa shape index (κ1) is 24.6. The molecule has 182 valence electrons. The molecule has 0 saturated carbocycles. The number of ether oxygens (including phenoxy) is 2. The van der Waals surface area contributed by atoms with E-state index >= 15 is 0 Å². The van der Waals surface area contributed by atoms with Gasteiger partial charge in [-0.3, -0.25) is 4.79 Å². The largest absolute Gasteiger partial charge is 0.489 e. The van der Waals surface area contributed by atoms with Crippen LogP contribution in [0.25, 0.3) is 11.1 Å². The maximum Gasteiger partial charge on any atom is 0.266 e. The van der Waals surface area contributed by atoms with Crippen molar-refractivity contribution in [3.05, 3.63) is 87.8 Å². The molecule has 2 aromatic carbocycles. The first-order valence-corrected chi connectivity index (χ1v) is 11.1. The zero-order chi connectivity index (χ0) is 24.9. The molecule has 9 heteroatoms. The van der Waals surface area contributed by atoms with Crippen molar-refractivity contribution in [3.8, 4) is 22.9 Å². The molecule has 1 aromatic heterocycles. The molecular formula is C26H26N2O7. The summed E-state index contributed by atoms with van der Waals surface area (Å²) in [5.41, 5.74) is 1.73. The minimum absolute atomic E-state index is 0.0202. The number of hydrogen-bond donors (Lipinski definition) is 5. The SMILES string of the molecule is N#Cc1c(-c2ccc(OCc3ccccc3)cc2)cc(C[C@@H]2O[C@H](CO)[C@@H](O)[C@H](O)[C@H]2O)[nH]c1=O. The molecule has 1 fully saturated rings. The number of nitrogens with one attached hydrogen (secondary N) is 1. The van der Waals surface area contributed by atoms with E-state index in [2.05, 4.69) is 4.98 Å². The van der Waals surface area contributed by atoms with Gasteiger partial charge >= 0.3 is 0 Å². The fraction of sp³-hybridized carbons (Fsp3) is 0.308. The molecule has 1 aliphatic heterocycles. The average Bonchev–Trinajstić information content (AvgIpc) is 2.88. The van der Waals surface area contributed by atoms with Gasteiger partial charge in [0.15, 0.2) is 0 Å². The average molecular weight is 479 g/mol. The fourth-order valence-electron chi connectivity index (χ4n) is 4.10. The van der Waals surface area contributed by atoms with Crippen LogP contribution >= 0.6 is 0 Å². The Kier molecular flexibility index (Phi) is 7.60. The number of pyridine rings is 1. The fourth-order valence-corrected chi connectivity index (χ4v) is 4.10. The van der Waals surface area contributed by atoms with Gasteiger partial charge in [-0.05, 0) is 29.3 Å². The Balaban J connectivity index is 1.56. The maximum atomic E-state index is 12.6. The lowest BCUT2D eigenvalue weighted by Gasteiger charge is -2.40. The van der Waals surface area contributed by atoms with Gasteiger partial charge in [-0.25, -0.2) is 0 Å². The number of H-pyrrole nitrogens is 1. The van der Waals surface area contributed by atoms with Crippen LogP contribution in [0.4, 0.5) is 0 Å². The van der Waals surface area contributed by atoms with E-state index in [0.717, 1.165) is 5.56 Å². The van der Waals surface area contributed by atoms with Crippen LogP contribution in [0.3, 0.4) is 0 Å². The van der Waals surface area contributed by atoms with Gasteiger partial charge in [-0.15, -0.1) is 0 Å². The molecule has 35 heavy (non-hydrogen) atoms. The molecule has 1 aliphatic rings. The van der Waals surface area contributed by atoms with Crippen LogP contribution in [0.15, 0.2) is 65.5 Å². The number of nitrogens with zero attached hydrogens (tertiary/aromatic N) is 1. The number of nitriles is 1. The van der Waals surface area contributed by atoms with Gasteiger partial charge < -0.3 is 34.9 Å². The quantitative estimate of drug-likeness (QED) is 0.335. The van der Waals surface area contributed by atoms with Gasteiger partial charge in [0.05, 0.1) is 12.7 Å². The Labute approximate surface area is 201 Å². The van der Waals surface area contributed by atoms with E-state index in [1.54, 1.807) is 30.3 Å². The van der Waals surface area contributed by atoms with Gasteiger partial charge in [0.1, 0.15) is 48.4 Å². The normalized spacial score (nSPS) is 24.0. The number of aromatic amines is 1. The molecule has 0 radical (unpaired) electrons. The molecule has 0 spiro atoms. The first-order valence-electron chi connectivity index (χ1n) is 11.1. The molecule has 0 aliphatic carbocycles. The molecule has 3 aromatic rings. The predicted octanol–water partition coefficient (Wildman–Crippen LogP) is 0.877. The van der Waals surface area contributed by atoms with Crippen molar-refractivity contribution in [2.75, 3.05) is 6.61 Å². The second-order valence-corrected chi connectivity index (χ2v) is 8.39. The number of rotatable bonds is 7. The van der Waals surface area contributed by atoms with Gasteiger partial charge in [-0.2, -0.15) is 5.26 Å². The Morgan fingerprint density at radius 2 is 1.66 bits per heavy atom. The molecule has 0 unspecified atom stereocenters. The van der Waals surface area contributed by atoms with Crippen molar-refractivity contribution in [3.63, 3.8) is 0 Å². The van der Waals surface area contributed by atoms with Crippen LogP contribution in [-0.2, 0) is 17.8 Å². The zero-order valence-corrected chi connectivity index (χ0v) is 18.7. The van der Waals surface area contributed by atoms with Gasteiger partial charge in [0, 0.05) is 17.7 Å². The zero-order valence-electron chi connectivity index (χ0n) is 18.7. The van der Waals surface area contributed by atoms with Crippen LogP contribution in [0, 0.1) is 11.3 Å². The van der Waals surface area contributed by atoms with Crippen molar-refractivity contribution in [1.82, 2.24) is 4.98 Å². The third-order valence-electron chi connectivity index (χ3n) is 6.03. The highest BCUT2D eigenvalue weighted by Crippen LogP contribution is 2.27. The molecule has 2 heterocycles. The predicted molar refractivity (Wildman–Crippen MR) is 125 cm³/mol. The van der Waals surface area contributed by atoms with Crippen molar-refractivity contribution in [2.24, 2.45) is 0 Å². The Bertz CT molecular complexity index is 1240.